The van der Waals surface area contributed by atoms with E-state index in [1.807, 2.05) is 12.1 Å². The van der Waals surface area contributed by atoms with Crippen LogP contribution in [0.2, 0.25) is 0 Å². The molecule has 2 N–H and O–H groups in total. The molecule has 0 radical (unpaired) electrons. The minimum Gasteiger partial charge on any atom is -0.393 e. The Hall–Kier alpha value is -0.930. The van der Waals surface area contributed by atoms with Crippen molar-refractivity contribution in [1.29, 1.82) is 0 Å². The van der Waals surface area contributed by atoms with E-state index in [0.29, 0.717) is 12.0 Å². The molecule has 3 atom stereocenters. The molecule has 1 aromatic rings. The van der Waals surface area contributed by atoms with Crippen molar-refractivity contribution in [1.82, 2.24) is 5.32 Å². The summed E-state index contributed by atoms with van der Waals surface area (Å²) in [7, 11) is 0. The van der Waals surface area contributed by atoms with Crippen LogP contribution in [0.15, 0.2) is 24.3 Å². The highest BCUT2D eigenvalue weighted by Crippen LogP contribution is 2.23. The lowest BCUT2D eigenvalue weighted by atomic mass is 9.87. The highest BCUT2D eigenvalue weighted by molar-refractivity contribution is 5.16. The molecule has 3 heteroatoms. The highest BCUT2D eigenvalue weighted by Gasteiger charge is 2.20. The Morgan fingerprint density at radius 2 is 2.05 bits per heavy atom. The van der Waals surface area contributed by atoms with Crippen LogP contribution in [0.25, 0.3) is 0 Å². The van der Waals surface area contributed by atoms with Crippen LogP contribution >= 0.6 is 0 Å². The summed E-state index contributed by atoms with van der Waals surface area (Å²) in [5.41, 5.74) is 1.16. The monoisotopic (exact) mass is 265 g/mol. The van der Waals surface area contributed by atoms with Crippen molar-refractivity contribution in [3.05, 3.63) is 35.6 Å². The van der Waals surface area contributed by atoms with Gasteiger partial charge in [0.2, 0.25) is 0 Å². The van der Waals surface area contributed by atoms with Crippen LogP contribution in [0.3, 0.4) is 0 Å². The molecule has 0 bridgehead atoms. The van der Waals surface area contributed by atoms with Crippen molar-refractivity contribution in [3.8, 4) is 0 Å². The number of benzene rings is 1. The number of nitrogens with one attached hydrogen (secondary N) is 1. The van der Waals surface area contributed by atoms with Crippen molar-refractivity contribution in [2.45, 2.75) is 51.2 Å². The van der Waals surface area contributed by atoms with Gasteiger partial charge >= 0.3 is 0 Å². The molecular formula is C16H24FNO. The van der Waals surface area contributed by atoms with Crippen LogP contribution in [-0.2, 0) is 6.42 Å². The molecule has 1 aliphatic carbocycles. The van der Waals surface area contributed by atoms with Crippen molar-refractivity contribution < 1.29 is 9.50 Å². The van der Waals surface area contributed by atoms with E-state index in [0.717, 1.165) is 37.8 Å². The first kappa shape index (κ1) is 14.5. The molecule has 0 spiro atoms. The minimum atomic E-state index is -0.180. The van der Waals surface area contributed by atoms with Gasteiger partial charge in [0, 0.05) is 6.04 Å². The molecule has 0 heterocycles. The number of halogens is 1. The van der Waals surface area contributed by atoms with Gasteiger partial charge in [0.25, 0.3) is 0 Å². The molecule has 19 heavy (non-hydrogen) atoms. The van der Waals surface area contributed by atoms with Gasteiger partial charge in [0.1, 0.15) is 5.82 Å². The Morgan fingerprint density at radius 3 is 2.74 bits per heavy atom. The van der Waals surface area contributed by atoms with Gasteiger partial charge in [-0.3, -0.25) is 0 Å². The van der Waals surface area contributed by atoms with Gasteiger partial charge in [-0.15, -0.1) is 0 Å². The van der Waals surface area contributed by atoms with E-state index in [9.17, 15) is 9.50 Å². The van der Waals surface area contributed by atoms with Crippen molar-refractivity contribution >= 4 is 0 Å². The fourth-order valence-corrected chi connectivity index (χ4v) is 2.86. The number of rotatable bonds is 5. The molecule has 0 amide bonds. The predicted molar refractivity (Wildman–Crippen MR) is 75.5 cm³/mol. The van der Waals surface area contributed by atoms with Gasteiger partial charge in [0.15, 0.2) is 0 Å². The average molecular weight is 265 g/mol. The summed E-state index contributed by atoms with van der Waals surface area (Å²) < 4.78 is 12.8. The van der Waals surface area contributed by atoms with Gasteiger partial charge in [-0.05, 0) is 62.8 Å². The summed E-state index contributed by atoms with van der Waals surface area (Å²) in [6.45, 7) is 3.13. The lowest BCUT2D eigenvalue weighted by molar-refractivity contribution is 0.0998. The Morgan fingerprint density at radius 1 is 1.32 bits per heavy atom. The summed E-state index contributed by atoms with van der Waals surface area (Å²) in [4.78, 5) is 0. The summed E-state index contributed by atoms with van der Waals surface area (Å²) in [6.07, 6.45) is 5.05. The SMILES string of the molecule is CC(Cc1ccc(F)cc1)NCC1CCCC(O)C1. The first-order chi connectivity index (χ1) is 9.13. The lowest BCUT2D eigenvalue weighted by Gasteiger charge is -2.27. The van der Waals surface area contributed by atoms with Crippen molar-refractivity contribution in [2.75, 3.05) is 6.54 Å². The van der Waals surface area contributed by atoms with Crippen molar-refractivity contribution in [3.63, 3.8) is 0 Å². The van der Waals surface area contributed by atoms with E-state index in [4.69, 9.17) is 0 Å². The molecule has 0 saturated heterocycles. The number of hydrogen-bond donors (Lipinski definition) is 2. The van der Waals surface area contributed by atoms with Gasteiger partial charge in [-0.25, -0.2) is 4.39 Å². The Balaban J connectivity index is 1.72. The van der Waals surface area contributed by atoms with E-state index in [1.54, 1.807) is 0 Å². The molecule has 2 rings (SSSR count). The van der Waals surface area contributed by atoms with Gasteiger partial charge in [-0.1, -0.05) is 18.6 Å². The summed E-state index contributed by atoms with van der Waals surface area (Å²) in [5.74, 6) is 0.417. The maximum Gasteiger partial charge on any atom is 0.123 e. The summed E-state index contributed by atoms with van der Waals surface area (Å²) in [6, 6.07) is 7.10. The minimum absolute atomic E-state index is 0.104. The van der Waals surface area contributed by atoms with E-state index in [-0.39, 0.29) is 11.9 Å². The van der Waals surface area contributed by atoms with E-state index < -0.39 is 0 Å². The van der Waals surface area contributed by atoms with Crippen LogP contribution in [-0.4, -0.2) is 23.8 Å². The smallest absolute Gasteiger partial charge is 0.123 e. The number of aliphatic hydroxyl groups is 1. The fraction of sp³-hybridized carbons (Fsp3) is 0.625. The maximum absolute atomic E-state index is 12.8. The third kappa shape index (κ3) is 4.92. The first-order valence-corrected chi connectivity index (χ1v) is 7.29. The Kier molecular flexibility index (Phi) is 5.34. The third-order valence-corrected chi connectivity index (χ3v) is 3.97. The molecule has 1 fully saturated rings. The molecule has 1 aromatic carbocycles. The largest absolute Gasteiger partial charge is 0.393 e. The average Bonchev–Trinajstić information content (AvgIpc) is 2.39. The third-order valence-electron chi connectivity index (χ3n) is 3.97. The Labute approximate surface area is 115 Å². The van der Waals surface area contributed by atoms with E-state index in [2.05, 4.69) is 12.2 Å². The molecular weight excluding hydrogens is 241 g/mol. The van der Waals surface area contributed by atoms with Crippen LogP contribution in [0.4, 0.5) is 4.39 Å². The lowest BCUT2D eigenvalue weighted by Crippen LogP contribution is -2.35. The van der Waals surface area contributed by atoms with Crippen LogP contribution in [0, 0.1) is 11.7 Å². The molecule has 106 valence electrons. The second-order valence-corrected chi connectivity index (χ2v) is 5.83. The van der Waals surface area contributed by atoms with Crippen LogP contribution in [0.5, 0.6) is 0 Å². The molecule has 3 unspecified atom stereocenters. The van der Waals surface area contributed by atoms with E-state index >= 15 is 0 Å². The highest BCUT2D eigenvalue weighted by atomic mass is 19.1. The van der Waals surface area contributed by atoms with Gasteiger partial charge in [0.05, 0.1) is 6.10 Å². The number of hydrogen-bond acceptors (Lipinski definition) is 2. The zero-order valence-corrected chi connectivity index (χ0v) is 11.6. The topological polar surface area (TPSA) is 32.3 Å². The Bertz CT molecular complexity index is 379. The van der Waals surface area contributed by atoms with E-state index in [1.165, 1.54) is 18.6 Å². The van der Waals surface area contributed by atoms with Gasteiger partial charge < -0.3 is 10.4 Å². The molecule has 0 aromatic heterocycles. The molecule has 1 aliphatic rings. The predicted octanol–water partition coefficient (Wildman–Crippen LogP) is 2.90. The molecule has 1 saturated carbocycles. The van der Waals surface area contributed by atoms with Gasteiger partial charge in [-0.2, -0.15) is 0 Å². The maximum atomic E-state index is 12.8. The second kappa shape index (κ2) is 7.01. The zero-order valence-electron chi connectivity index (χ0n) is 11.6. The van der Waals surface area contributed by atoms with Crippen molar-refractivity contribution in [2.24, 2.45) is 5.92 Å². The summed E-state index contributed by atoms with van der Waals surface area (Å²) >= 11 is 0. The summed E-state index contributed by atoms with van der Waals surface area (Å²) in [5, 5.41) is 13.2. The molecule has 0 aliphatic heterocycles. The van der Waals surface area contributed by atoms with Crippen LogP contribution in [0.1, 0.15) is 38.2 Å². The quantitative estimate of drug-likeness (QED) is 0.858. The number of aliphatic hydroxyl groups excluding tert-OH is 1. The fourth-order valence-electron chi connectivity index (χ4n) is 2.86. The second-order valence-electron chi connectivity index (χ2n) is 5.83. The first-order valence-electron chi connectivity index (χ1n) is 7.29. The standard InChI is InChI=1S/C16H24FNO/c1-12(9-13-5-7-15(17)8-6-13)18-11-14-3-2-4-16(19)10-14/h5-8,12,14,16,18-19H,2-4,9-11H2,1H3. The normalized spacial score (nSPS) is 25.2. The molecule has 2 nitrogen and oxygen atoms in total. The van der Waals surface area contributed by atoms with Crippen LogP contribution < -0.4 is 5.32 Å². The zero-order chi connectivity index (χ0) is 13.7.